The van der Waals surface area contributed by atoms with Crippen LogP contribution in [0.25, 0.3) is 0 Å². The van der Waals surface area contributed by atoms with Crippen LogP contribution in [0.4, 0.5) is 5.69 Å². The summed E-state index contributed by atoms with van der Waals surface area (Å²) in [6.45, 7) is 1.13. The van der Waals surface area contributed by atoms with Gasteiger partial charge in [-0.1, -0.05) is 0 Å². The minimum absolute atomic E-state index is 0.109. The van der Waals surface area contributed by atoms with Crippen molar-refractivity contribution in [1.82, 2.24) is 4.90 Å². The van der Waals surface area contributed by atoms with Crippen LogP contribution in [0.1, 0.15) is 23.2 Å². The van der Waals surface area contributed by atoms with Crippen molar-refractivity contribution in [3.05, 3.63) is 39.9 Å². The Morgan fingerprint density at radius 1 is 1.30 bits per heavy atom. The van der Waals surface area contributed by atoms with Crippen molar-refractivity contribution in [3.63, 3.8) is 0 Å². The van der Waals surface area contributed by atoms with E-state index in [9.17, 15) is 25.1 Å². The van der Waals surface area contributed by atoms with E-state index >= 15 is 0 Å². The lowest BCUT2D eigenvalue weighted by atomic mass is 9.97. The molecule has 0 radical (unpaired) electrons. The smallest absolute Gasteiger partial charge is 0.338 e. The number of aliphatic hydroxyl groups is 2. The number of benzene rings is 1. The van der Waals surface area contributed by atoms with Gasteiger partial charge in [0.2, 0.25) is 0 Å². The van der Waals surface area contributed by atoms with Gasteiger partial charge >= 0.3 is 5.97 Å². The molecule has 1 aromatic carbocycles. The first-order valence-electron chi connectivity index (χ1n) is 7.53. The van der Waals surface area contributed by atoms with E-state index in [0.717, 1.165) is 13.0 Å². The van der Waals surface area contributed by atoms with Crippen LogP contribution in [-0.2, 0) is 4.74 Å². The van der Waals surface area contributed by atoms with Crippen LogP contribution >= 0.6 is 0 Å². The largest absolute Gasteiger partial charge is 0.455 e. The molecular formula is C15H18N2O6. The van der Waals surface area contributed by atoms with Gasteiger partial charge in [0.15, 0.2) is 0 Å². The number of hydrogen-bond acceptors (Lipinski definition) is 7. The monoisotopic (exact) mass is 322 g/mol. The Labute approximate surface area is 132 Å². The number of carbonyl (C=O) groups is 1. The van der Waals surface area contributed by atoms with E-state index in [2.05, 4.69) is 0 Å². The number of esters is 1. The molecule has 8 heteroatoms. The molecule has 8 nitrogen and oxygen atoms in total. The number of nitro groups is 1. The third kappa shape index (κ3) is 3.05. The summed E-state index contributed by atoms with van der Waals surface area (Å²) in [6, 6.07) is 4.70. The molecule has 0 amide bonds. The highest BCUT2D eigenvalue weighted by Crippen LogP contribution is 2.30. The van der Waals surface area contributed by atoms with Crippen molar-refractivity contribution >= 4 is 11.7 Å². The fraction of sp³-hybridized carbons (Fsp3) is 0.533. The fourth-order valence-corrected chi connectivity index (χ4v) is 3.31. The summed E-state index contributed by atoms with van der Waals surface area (Å²) in [6.07, 6.45) is -0.807. The highest BCUT2D eigenvalue weighted by Gasteiger charge is 2.47. The summed E-state index contributed by atoms with van der Waals surface area (Å²) in [5, 5.41) is 30.9. The van der Waals surface area contributed by atoms with Gasteiger partial charge in [-0.3, -0.25) is 15.0 Å². The van der Waals surface area contributed by atoms with Crippen molar-refractivity contribution in [2.24, 2.45) is 0 Å². The van der Waals surface area contributed by atoms with E-state index in [1.807, 2.05) is 4.90 Å². The molecule has 0 spiro atoms. The van der Waals surface area contributed by atoms with Crippen LogP contribution in [0, 0.1) is 10.1 Å². The maximum atomic E-state index is 12.1. The Morgan fingerprint density at radius 3 is 2.61 bits per heavy atom. The molecule has 124 valence electrons. The molecule has 0 aromatic heterocycles. The van der Waals surface area contributed by atoms with E-state index in [-0.39, 0.29) is 11.3 Å². The minimum atomic E-state index is -0.938. The maximum absolute atomic E-state index is 12.1. The van der Waals surface area contributed by atoms with Gasteiger partial charge in [-0.15, -0.1) is 0 Å². The zero-order chi connectivity index (χ0) is 16.6. The molecule has 4 atom stereocenters. The Hall–Kier alpha value is -2.03. The summed E-state index contributed by atoms with van der Waals surface area (Å²) in [7, 11) is 0. The summed E-state index contributed by atoms with van der Waals surface area (Å²) in [5.74, 6) is -0.640. The van der Waals surface area contributed by atoms with Crippen molar-refractivity contribution < 1.29 is 24.7 Å². The lowest BCUT2D eigenvalue weighted by Crippen LogP contribution is -2.49. The van der Waals surface area contributed by atoms with Gasteiger partial charge in [-0.2, -0.15) is 0 Å². The van der Waals surface area contributed by atoms with E-state index in [1.165, 1.54) is 24.3 Å². The third-order valence-electron chi connectivity index (χ3n) is 4.48. The molecule has 2 heterocycles. The molecule has 2 aliphatic rings. The first-order valence-corrected chi connectivity index (χ1v) is 7.53. The van der Waals surface area contributed by atoms with Gasteiger partial charge in [0.25, 0.3) is 5.69 Å². The number of rotatable bonds is 3. The number of aliphatic hydroxyl groups excluding tert-OH is 2. The molecule has 23 heavy (non-hydrogen) atoms. The number of nitrogens with zero attached hydrogens (tertiary/aromatic N) is 2. The van der Waals surface area contributed by atoms with Crippen molar-refractivity contribution in [2.45, 2.75) is 37.2 Å². The van der Waals surface area contributed by atoms with Crippen molar-refractivity contribution in [1.29, 1.82) is 0 Å². The highest BCUT2D eigenvalue weighted by atomic mass is 16.6. The van der Waals surface area contributed by atoms with Crippen LogP contribution in [0.5, 0.6) is 0 Å². The number of fused-ring (bicyclic) bond motifs is 1. The van der Waals surface area contributed by atoms with Gasteiger partial charge in [-0.25, -0.2) is 4.79 Å². The number of piperidine rings is 1. The number of carbonyl (C=O) groups excluding carboxylic acids is 1. The summed E-state index contributed by atoms with van der Waals surface area (Å²) in [5.41, 5.74) is 0.0796. The molecule has 3 unspecified atom stereocenters. The summed E-state index contributed by atoms with van der Waals surface area (Å²) < 4.78 is 5.34. The molecule has 0 aliphatic carbocycles. The standard InChI is InChI=1S/C15H18N2O6/c18-11-2-1-7-16-8-12(14(19)13(11)16)23-15(20)9-3-5-10(6-4-9)17(21)22/h3-6,11-14,18-19H,1-2,7-8H2/t11?,12?,13?,14-/m1/s1. The lowest BCUT2D eigenvalue weighted by Gasteiger charge is -2.34. The molecule has 2 aliphatic heterocycles. The Morgan fingerprint density at radius 2 is 2.00 bits per heavy atom. The summed E-state index contributed by atoms with van der Waals surface area (Å²) in [4.78, 5) is 24.1. The molecule has 1 aromatic rings. The molecule has 0 bridgehead atoms. The zero-order valence-corrected chi connectivity index (χ0v) is 12.4. The maximum Gasteiger partial charge on any atom is 0.338 e. The van der Waals surface area contributed by atoms with E-state index in [1.54, 1.807) is 0 Å². The zero-order valence-electron chi connectivity index (χ0n) is 12.4. The van der Waals surface area contributed by atoms with Crippen LogP contribution in [-0.4, -0.2) is 63.4 Å². The van der Waals surface area contributed by atoms with Crippen molar-refractivity contribution in [2.75, 3.05) is 13.1 Å². The Bertz CT molecular complexity index is 604. The predicted octanol–water partition coefficient (Wildman–Crippen LogP) is 0.320. The topological polar surface area (TPSA) is 113 Å². The normalized spacial score (nSPS) is 30.7. The first kappa shape index (κ1) is 15.9. The Balaban J connectivity index is 1.67. The SMILES string of the molecule is O=C(OC1CN2CCCC(O)C2[C@@H]1O)c1ccc([N+](=O)[O-])cc1. The second-order valence-electron chi connectivity index (χ2n) is 5.93. The van der Waals surface area contributed by atoms with E-state index in [0.29, 0.717) is 13.0 Å². The van der Waals surface area contributed by atoms with Gasteiger partial charge in [0, 0.05) is 18.7 Å². The molecular weight excluding hydrogens is 304 g/mol. The number of ether oxygens (including phenoxy) is 1. The quantitative estimate of drug-likeness (QED) is 0.468. The van der Waals surface area contributed by atoms with E-state index < -0.39 is 35.2 Å². The average molecular weight is 322 g/mol. The van der Waals surface area contributed by atoms with Gasteiger partial charge in [0.1, 0.15) is 12.2 Å². The molecule has 2 saturated heterocycles. The van der Waals surface area contributed by atoms with Crippen LogP contribution in [0.3, 0.4) is 0 Å². The minimum Gasteiger partial charge on any atom is -0.455 e. The molecule has 2 N–H and O–H groups in total. The number of nitro benzene ring substituents is 1. The number of hydrogen-bond donors (Lipinski definition) is 2. The van der Waals surface area contributed by atoms with E-state index in [4.69, 9.17) is 4.74 Å². The molecule has 3 rings (SSSR count). The summed E-state index contributed by atoms with van der Waals surface area (Å²) >= 11 is 0. The second-order valence-corrected chi connectivity index (χ2v) is 5.93. The fourth-order valence-electron chi connectivity index (χ4n) is 3.31. The average Bonchev–Trinajstić information content (AvgIpc) is 2.85. The lowest BCUT2D eigenvalue weighted by molar-refractivity contribution is -0.384. The van der Waals surface area contributed by atoms with Gasteiger partial charge in [-0.05, 0) is 31.5 Å². The third-order valence-corrected chi connectivity index (χ3v) is 4.48. The predicted molar refractivity (Wildman–Crippen MR) is 78.9 cm³/mol. The van der Waals surface area contributed by atoms with Crippen LogP contribution in [0.15, 0.2) is 24.3 Å². The highest BCUT2D eigenvalue weighted by molar-refractivity contribution is 5.89. The van der Waals surface area contributed by atoms with Crippen LogP contribution in [0.2, 0.25) is 0 Å². The molecule has 0 saturated carbocycles. The second kappa shape index (κ2) is 6.23. The van der Waals surface area contributed by atoms with Gasteiger partial charge < -0.3 is 14.9 Å². The Kier molecular flexibility index (Phi) is 4.29. The van der Waals surface area contributed by atoms with Gasteiger partial charge in [0.05, 0.1) is 22.6 Å². The van der Waals surface area contributed by atoms with Crippen molar-refractivity contribution in [3.8, 4) is 0 Å². The molecule has 2 fully saturated rings. The van der Waals surface area contributed by atoms with Crippen LogP contribution < -0.4 is 0 Å². The first-order chi connectivity index (χ1) is 11.0. The number of non-ortho nitro benzene ring substituents is 1.